The molecular formula is C27H39N3O4S. The molecule has 2 aromatic rings. The average molecular weight is 502 g/mol. The molecule has 1 atom stereocenters. The Bertz CT molecular complexity index is 1110. The zero-order valence-electron chi connectivity index (χ0n) is 21.8. The molecule has 192 valence electrons. The molecule has 0 bridgehead atoms. The number of nitrogens with zero attached hydrogens (tertiary/aromatic N) is 2. The molecule has 0 unspecified atom stereocenters. The zero-order chi connectivity index (χ0) is 26.2. The van der Waals surface area contributed by atoms with E-state index in [1.807, 2.05) is 77.1 Å². The van der Waals surface area contributed by atoms with Gasteiger partial charge in [0.15, 0.2) is 0 Å². The van der Waals surface area contributed by atoms with E-state index in [9.17, 15) is 18.0 Å². The first-order valence-corrected chi connectivity index (χ1v) is 14.0. The molecule has 7 nitrogen and oxygen atoms in total. The van der Waals surface area contributed by atoms with Crippen molar-refractivity contribution in [3.8, 4) is 0 Å². The van der Waals surface area contributed by atoms with E-state index in [1.165, 1.54) is 4.90 Å². The highest BCUT2D eigenvalue weighted by Gasteiger charge is 2.32. The molecule has 0 aliphatic carbocycles. The second-order valence-electron chi connectivity index (χ2n) is 9.09. The van der Waals surface area contributed by atoms with Crippen LogP contribution in [0.5, 0.6) is 0 Å². The van der Waals surface area contributed by atoms with Crippen LogP contribution in [0.15, 0.2) is 42.5 Å². The number of carbonyl (C=O) groups excluding carboxylic acids is 2. The third kappa shape index (κ3) is 7.82. The summed E-state index contributed by atoms with van der Waals surface area (Å²) in [5.41, 5.74) is 3.95. The molecule has 0 saturated heterocycles. The van der Waals surface area contributed by atoms with E-state index in [0.29, 0.717) is 18.7 Å². The standard InChI is InChI=1S/C27H39N3O4S/c1-7-9-16-28-27(32)24(8-2)29(18-23-15-10-12-20(3)17-23)25(31)19-30(35(6,33)34)26-21(4)13-11-14-22(26)5/h10-15,17,24H,7-9,16,18-19H2,1-6H3,(H,28,32)/t24-/m0/s1. The summed E-state index contributed by atoms with van der Waals surface area (Å²) in [6, 6.07) is 12.6. The number of hydrogen-bond acceptors (Lipinski definition) is 4. The van der Waals surface area contributed by atoms with Gasteiger partial charge in [0.2, 0.25) is 21.8 Å². The van der Waals surface area contributed by atoms with E-state index in [4.69, 9.17) is 0 Å². The number of aryl methyl sites for hydroxylation is 3. The van der Waals surface area contributed by atoms with E-state index in [-0.39, 0.29) is 19.0 Å². The van der Waals surface area contributed by atoms with Gasteiger partial charge in [0, 0.05) is 13.1 Å². The number of anilines is 1. The van der Waals surface area contributed by atoms with Gasteiger partial charge < -0.3 is 10.2 Å². The minimum atomic E-state index is -3.76. The highest BCUT2D eigenvalue weighted by molar-refractivity contribution is 7.92. The summed E-state index contributed by atoms with van der Waals surface area (Å²) in [6.45, 7) is 9.90. The van der Waals surface area contributed by atoms with Crippen LogP contribution in [0.4, 0.5) is 5.69 Å². The quantitative estimate of drug-likeness (QED) is 0.444. The van der Waals surface area contributed by atoms with Crippen LogP contribution < -0.4 is 9.62 Å². The summed E-state index contributed by atoms with van der Waals surface area (Å²) in [5, 5.41) is 2.94. The largest absolute Gasteiger partial charge is 0.354 e. The molecule has 0 heterocycles. The molecule has 0 aliphatic heterocycles. The Labute approximate surface area is 210 Å². The summed E-state index contributed by atoms with van der Waals surface area (Å²) in [6.07, 6.45) is 3.31. The Hall–Kier alpha value is -2.87. The first-order valence-electron chi connectivity index (χ1n) is 12.2. The van der Waals surface area contributed by atoms with Gasteiger partial charge in [-0.15, -0.1) is 0 Å². The average Bonchev–Trinajstić information content (AvgIpc) is 2.77. The molecule has 35 heavy (non-hydrogen) atoms. The third-order valence-electron chi connectivity index (χ3n) is 6.02. The monoisotopic (exact) mass is 501 g/mol. The number of rotatable bonds is 12. The predicted molar refractivity (Wildman–Crippen MR) is 142 cm³/mol. The van der Waals surface area contributed by atoms with E-state index >= 15 is 0 Å². The molecule has 0 aliphatic rings. The van der Waals surface area contributed by atoms with E-state index in [2.05, 4.69) is 5.32 Å². The van der Waals surface area contributed by atoms with Crippen LogP contribution >= 0.6 is 0 Å². The molecule has 0 saturated carbocycles. The number of para-hydroxylation sites is 1. The predicted octanol–water partition coefficient (Wildman–Crippen LogP) is 4.10. The Kier molecular flexibility index (Phi) is 10.3. The fraction of sp³-hybridized carbons (Fsp3) is 0.481. The highest BCUT2D eigenvalue weighted by atomic mass is 32.2. The van der Waals surface area contributed by atoms with Crippen molar-refractivity contribution in [2.24, 2.45) is 0 Å². The van der Waals surface area contributed by atoms with Crippen molar-refractivity contribution < 1.29 is 18.0 Å². The van der Waals surface area contributed by atoms with E-state index in [1.54, 1.807) is 0 Å². The van der Waals surface area contributed by atoms with Crippen molar-refractivity contribution in [2.45, 2.75) is 66.5 Å². The zero-order valence-corrected chi connectivity index (χ0v) is 22.6. The van der Waals surface area contributed by atoms with Crippen LogP contribution in [0, 0.1) is 20.8 Å². The number of hydrogen-bond donors (Lipinski definition) is 1. The van der Waals surface area contributed by atoms with Crippen molar-refractivity contribution in [3.05, 3.63) is 64.7 Å². The summed E-state index contributed by atoms with van der Waals surface area (Å²) >= 11 is 0. The van der Waals surface area contributed by atoms with Crippen LogP contribution in [-0.4, -0.2) is 50.5 Å². The summed E-state index contributed by atoms with van der Waals surface area (Å²) in [4.78, 5) is 28.4. The molecule has 0 spiro atoms. The molecule has 0 fully saturated rings. The second kappa shape index (κ2) is 12.7. The van der Waals surface area contributed by atoms with Crippen molar-refractivity contribution in [1.29, 1.82) is 0 Å². The number of sulfonamides is 1. The van der Waals surface area contributed by atoms with Gasteiger partial charge in [-0.3, -0.25) is 13.9 Å². The van der Waals surface area contributed by atoms with Gasteiger partial charge in [-0.25, -0.2) is 8.42 Å². The number of nitrogens with one attached hydrogen (secondary N) is 1. The van der Waals surface area contributed by atoms with Gasteiger partial charge in [-0.05, 0) is 50.3 Å². The Morgan fingerprint density at radius 2 is 1.63 bits per heavy atom. The van der Waals surface area contributed by atoms with Gasteiger partial charge in [0.1, 0.15) is 12.6 Å². The van der Waals surface area contributed by atoms with Crippen LogP contribution in [-0.2, 0) is 26.2 Å². The van der Waals surface area contributed by atoms with Crippen LogP contribution in [0.25, 0.3) is 0 Å². The van der Waals surface area contributed by atoms with Gasteiger partial charge in [-0.1, -0.05) is 68.3 Å². The third-order valence-corrected chi connectivity index (χ3v) is 7.13. The molecule has 2 rings (SSSR count). The maximum atomic E-state index is 13.8. The SMILES string of the molecule is CCCCNC(=O)[C@H](CC)N(Cc1cccc(C)c1)C(=O)CN(c1c(C)cccc1C)S(C)(=O)=O. The molecular weight excluding hydrogens is 462 g/mol. The van der Waals surface area contributed by atoms with Crippen LogP contribution in [0.2, 0.25) is 0 Å². The lowest BCUT2D eigenvalue weighted by Gasteiger charge is -2.33. The topological polar surface area (TPSA) is 86.8 Å². The van der Waals surface area contributed by atoms with Crippen LogP contribution in [0.3, 0.4) is 0 Å². The number of benzene rings is 2. The number of carbonyl (C=O) groups is 2. The number of amides is 2. The van der Waals surface area contributed by atoms with Gasteiger partial charge in [-0.2, -0.15) is 0 Å². The summed E-state index contributed by atoms with van der Waals surface area (Å²) < 4.78 is 26.8. The lowest BCUT2D eigenvalue weighted by Crippen LogP contribution is -2.52. The first-order chi connectivity index (χ1) is 16.5. The maximum Gasteiger partial charge on any atom is 0.244 e. The van der Waals surface area contributed by atoms with Gasteiger partial charge >= 0.3 is 0 Å². The Balaban J connectivity index is 2.46. The Morgan fingerprint density at radius 1 is 1.00 bits per heavy atom. The molecule has 8 heteroatoms. The smallest absolute Gasteiger partial charge is 0.244 e. The van der Waals surface area contributed by atoms with Crippen molar-refractivity contribution >= 4 is 27.5 Å². The number of unbranched alkanes of at least 4 members (excludes halogenated alkanes) is 1. The van der Waals surface area contributed by atoms with Crippen molar-refractivity contribution in [2.75, 3.05) is 23.7 Å². The normalized spacial score (nSPS) is 12.2. The summed E-state index contributed by atoms with van der Waals surface area (Å²) in [5.74, 6) is -0.642. The minimum Gasteiger partial charge on any atom is -0.354 e. The van der Waals surface area contributed by atoms with E-state index in [0.717, 1.165) is 45.7 Å². The molecule has 2 aromatic carbocycles. The van der Waals surface area contributed by atoms with Crippen LogP contribution in [0.1, 0.15) is 55.4 Å². The first kappa shape index (κ1) is 28.4. The van der Waals surface area contributed by atoms with E-state index < -0.39 is 22.0 Å². The fourth-order valence-electron chi connectivity index (χ4n) is 4.21. The molecule has 2 amide bonds. The van der Waals surface area contributed by atoms with Gasteiger partial charge in [0.25, 0.3) is 0 Å². The minimum absolute atomic E-state index is 0.213. The Morgan fingerprint density at radius 3 is 2.17 bits per heavy atom. The second-order valence-corrected chi connectivity index (χ2v) is 11.0. The van der Waals surface area contributed by atoms with Crippen molar-refractivity contribution in [1.82, 2.24) is 10.2 Å². The highest BCUT2D eigenvalue weighted by Crippen LogP contribution is 2.27. The fourth-order valence-corrected chi connectivity index (χ4v) is 5.17. The molecule has 0 aromatic heterocycles. The van der Waals surface area contributed by atoms with Gasteiger partial charge in [0.05, 0.1) is 11.9 Å². The molecule has 1 N–H and O–H groups in total. The lowest BCUT2D eigenvalue weighted by molar-refractivity contribution is -0.140. The summed E-state index contributed by atoms with van der Waals surface area (Å²) in [7, 11) is -3.76. The van der Waals surface area contributed by atoms with Crippen molar-refractivity contribution in [3.63, 3.8) is 0 Å². The molecule has 0 radical (unpaired) electrons. The lowest BCUT2D eigenvalue weighted by atomic mass is 10.1. The maximum absolute atomic E-state index is 13.8.